The highest BCUT2D eigenvalue weighted by molar-refractivity contribution is 6.30. The minimum Gasteiger partial charge on any atom is -0.444 e. The van der Waals surface area contributed by atoms with Crippen LogP contribution in [-0.2, 0) is 17.8 Å². The maximum atomic E-state index is 13.0. The molecule has 7 nitrogen and oxygen atoms in total. The minimum absolute atomic E-state index is 0.263. The third kappa shape index (κ3) is 5.02. The van der Waals surface area contributed by atoms with E-state index in [1.165, 1.54) is 0 Å². The summed E-state index contributed by atoms with van der Waals surface area (Å²) in [6, 6.07) is 9.80. The molecule has 1 amide bonds. The molecule has 1 aliphatic heterocycles. The van der Waals surface area contributed by atoms with Crippen LogP contribution in [-0.4, -0.2) is 36.3 Å². The number of halogens is 2. The molecule has 0 unspecified atom stereocenters. The minimum atomic E-state index is -0.588. The normalized spacial score (nSPS) is 20.1. The van der Waals surface area contributed by atoms with Crippen LogP contribution in [0.1, 0.15) is 81.1 Å². The summed E-state index contributed by atoms with van der Waals surface area (Å²) in [6.07, 6.45) is 5.33. The lowest BCUT2D eigenvalue weighted by atomic mass is 9.78. The number of hydrogen-bond donors (Lipinski definition) is 0. The maximum Gasteiger partial charge on any atom is 0.411 e. The van der Waals surface area contributed by atoms with Gasteiger partial charge in [0.05, 0.1) is 18.8 Å². The molecule has 2 aliphatic rings. The van der Waals surface area contributed by atoms with Gasteiger partial charge < -0.3 is 4.74 Å². The smallest absolute Gasteiger partial charge is 0.411 e. The van der Waals surface area contributed by atoms with E-state index in [4.69, 9.17) is 27.9 Å². The molecule has 0 bridgehead atoms. The molecule has 184 valence electrons. The molecule has 35 heavy (non-hydrogen) atoms. The fourth-order valence-corrected chi connectivity index (χ4v) is 5.58. The number of fused-ring (bicyclic) bond motifs is 3. The van der Waals surface area contributed by atoms with Crippen molar-refractivity contribution in [3.05, 3.63) is 69.5 Å². The first-order chi connectivity index (χ1) is 16.7. The van der Waals surface area contributed by atoms with E-state index in [0.29, 0.717) is 29.2 Å². The van der Waals surface area contributed by atoms with Gasteiger partial charge in [-0.25, -0.2) is 9.78 Å². The first-order valence-corrected chi connectivity index (χ1v) is 12.8. The number of aromatic nitrogens is 4. The zero-order chi connectivity index (χ0) is 24.7. The number of carbonyl (C=O) groups is 1. The van der Waals surface area contributed by atoms with E-state index in [1.807, 2.05) is 45.0 Å². The van der Waals surface area contributed by atoms with Crippen molar-refractivity contribution in [1.82, 2.24) is 24.6 Å². The fourth-order valence-electron chi connectivity index (χ4n) is 5.11. The van der Waals surface area contributed by atoms with Gasteiger partial charge in [0.15, 0.2) is 5.82 Å². The predicted molar refractivity (Wildman–Crippen MR) is 135 cm³/mol. The fraction of sp³-hybridized carbons (Fsp3) is 0.462. The van der Waals surface area contributed by atoms with Gasteiger partial charge in [0, 0.05) is 17.1 Å². The number of benzene rings is 1. The summed E-state index contributed by atoms with van der Waals surface area (Å²) in [6.45, 7) is 6.30. The highest BCUT2D eigenvalue weighted by Gasteiger charge is 2.33. The summed E-state index contributed by atoms with van der Waals surface area (Å²) < 4.78 is 7.78. The van der Waals surface area contributed by atoms with Gasteiger partial charge in [-0.1, -0.05) is 29.3 Å². The van der Waals surface area contributed by atoms with Gasteiger partial charge in [-0.2, -0.15) is 0 Å². The lowest BCUT2D eigenvalue weighted by molar-refractivity contribution is 0.0214. The van der Waals surface area contributed by atoms with Crippen molar-refractivity contribution in [2.45, 2.75) is 77.0 Å². The van der Waals surface area contributed by atoms with Gasteiger partial charge in [-0.3, -0.25) is 9.47 Å². The molecule has 1 fully saturated rings. The summed E-state index contributed by atoms with van der Waals surface area (Å²) in [5.74, 6) is 2.32. The quantitative estimate of drug-likeness (QED) is 0.358. The zero-order valence-corrected chi connectivity index (χ0v) is 21.7. The first-order valence-electron chi connectivity index (χ1n) is 12.0. The van der Waals surface area contributed by atoms with E-state index >= 15 is 0 Å². The SMILES string of the molecule is CC(C)(C)OC(=O)N1Cc2cc(Cl)ccc2-n2c(nnc2C2CCC(c3cccnc3Cl)CC2)C1. The Morgan fingerprint density at radius 2 is 1.77 bits per heavy atom. The summed E-state index contributed by atoms with van der Waals surface area (Å²) >= 11 is 12.7. The highest BCUT2D eigenvalue weighted by Crippen LogP contribution is 2.42. The largest absolute Gasteiger partial charge is 0.444 e. The Morgan fingerprint density at radius 1 is 1.03 bits per heavy atom. The molecule has 5 rings (SSSR count). The first kappa shape index (κ1) is 24.1. The van der Waals surface area contributed by atoms with Crippen molar-refractivity contribution < 1.29 is 9.53 Å². The monoisotopic (exact) mass is 513 g/mol. The Bertz CT molecular complexity index is 1240. The molecule has 3 aromatic rings. The number of pyridine rings is 1. The second-order valence-corrected chi connectivity index (χ2v) is 11.1. The summed E-state index contributed by atoms with van der Waals surface area (Å²) in [5, 5.41) is 10.4. The maximum absolute atomic E-state index is 13.0. The van der Waals surface area contributed by atoms with E-state index in [9.17, 15) is 4.79 Å². The van der Waals surface area contributed by atoms with E-state index in [0.717, 1.165) is 54.1 Å². The van der Waals surface area contributed by atoms with Crippen LogP contribution in [0.15, 0.2) is 36.5 Å². The molecule has 0 radical (unpaired) electrons. The zero-order valence-electron chi connectivity index (χ0n) is 20.2. The molecule has 1 aromatic carbocycles. The van der Waals surface area contributed by atoms with Gasteiger partial charge in [-0.05, 0) is 87.8 Å². The number of rotatable bonds is 2. The average molecular weight is 514 g/mol. The number of nitrogens with zero attached hydrogens (tertiary/aromatic N) is 5. The van der Waals surface area contributed by atoms with Crippen LogP contribution < -0.4 is 0 Å². The third-order valence-corrected chi connectivity index (χ3v) is 7.25. The van der Waals surface area contributed by atoms with E-state index < -0.39 is 5.60 Å². The highest BCUT2D eigenvalue weighted by atomic mass is 35.5. The molecular formula is C26H29Cl2N5O2. The summed E-state index contributed by atoms with van der Waals surface area (Å²) in [5.41, 5.74) is 2.45. The molecule has 0 N–H and O–H groups in total. The molecular weight excluding hydrogens is 485 g/mol. The lowest BCUT2D eigenvalue weighted by Gasteiger charge is -2.29. The molecule has 2 aromatic heterocycles. The second kappa shape index (κ2) is 9.43. The Kier molecular flexibility index (Phi) is 6.49. The Labute approximate surface area is 215 Å². The Hall–Kier alpha value is -2.64. The van der Waals surface area contributed by atoms with Gasteiger partial charge in [0.25, 0.3) is 0 Å². The second-order valence-electron chi connectivity index (χ2n) is 10.4. The molecule has 3 heterocycles. The summed E-state index contributed by atoms with van der Waals surface area (Å²) in [7, 11) is 0. The van der Waals surface area contributed by atoms with Crippen LogP contribution in [0, 0.1) is 0 Å². The third-order valence-electron chi connectivity index (χ3n) is 6.70. The van der Waals surface area contributed by atoms with Crippen LogP contribution >= 0.6 is 23.2 Å². The molecule has 0 atom stereocenters. The molecule has 1 aliphatic carbocycles. The van der Waals surface area contributed by atoms with Gasteiger partial charge in [0.1, 0.15) is 16.6 Å². The van der Waals surface area contributed by atoms with Gasteiger partial charge in [0.2, 0.25) is 0 Å². The van der Waals surface area contributed by atoms with E-state index in [2.05, 4.69) is 25.8 Å². The van der Waals surface area contributed by atoms with Gasteiger partial charge in [-0.15, -0.1) is 10.2 Å². The number of hydrogen-bond acceptors (Lipinski definition) is 5. The van der Waals surface area contributed by atoms with Crippen molar-refractivity contribution in [1.29, 1.82) is 0 Å². The van der Waals surface area contributed by atoms with E-state index in [-0.39, 0.29) is 12.0 Å². The average Bonchev–Trinajstić information content (AvgIpc) is 3.14. The molecule has 0 spiro atoms. The molecule has 9 heteroatoms. The number of carbonyl (C=O) groups excluding carboxylic acids is 1. The van der Waals surface area contributed by atoms with E-state index in [1.54, 1.807) is 11.1 Å². The van der Waals surface area contributed by atoms with Crippen molar-refractivity contribution in [2.75, 3.05) is 0 Å². The van der Waals surface area contributed by atoms with Crippen molar-refractivity contribution in [3.63, 3.8) is 0 Å². The Balaban J connectivity index is 1.44. The number of ether oxygens (including phenoxy) is 1. The van der Waals surface area contributed by atoms with Crippen molar-refractivity contribution in [2.24, 2.45) is 0 Å². The van der Waals surface area contributed by atoms with Gasteiger partial charge >= 0.3 is 6.09 Å². The van der Waals surface area contributed by atoms with Crippen LogP contribution in [0.5, 0.6) is 0 Å². The predicted octanol–water partition coefficient (Wildman–Crippen LogP) is 6.66. The topological polar surface area (TPSA) is 73.1 Å². The molecule has 1 saturated carbocycles. The lowest BCUT2D eigenvalue weighted by Crippen LogP contribution is -2.35. The molecule has 0 saturated heterocycles. The van der Waals surface area contributed by atoms with Crippen LogP contribution in [0.25, 0.3) is 5.69 Å². The van der Waals surface area contributed by atoms with Crippen molar-refractivity contribution in [3.8, 4) is 5.69 Å². The van der Waals surface area contributed by atoms with Crippen LogP contribution in [0.4, 0.5) is 4.79 Å². The standard InChI is InChI=1S/C26H29Cl2N5O2/c1-26(2,3)35-25(34)32-14-18-13-19(27)10-11-21(18)33-22(15-32)30-31-24(33)17-8-6-16(7-9-17)20-5-4-12-29-23(20)28/h4-5,10-13,16-17H,6-9,14-15H2,1-3H3. The van der Waals surface area contributed by atoms with Crippen LogP contribution in [0.2, 0.25) is 10.2 Å². The number of amides is 1. The Morgan fingerprint density at radius 3 is 2.49 bits per heavy atom. The summed E-state index contributed by atoms with van der Waals surface area (Å²) in [4.78, 5) is 18.9. The van der Waals surface area contributed by atoms with Crippen molar-refractivity contribution >= 4 is 29.3 Å². The van der Waals surface area contributed by atoms with Crippen LogP contribution in [0.3, 0.4) is 0 Å².